The Morgan fingerprint density at radius 3 is 2.41 bits per heavy atom. The highest BCUT2D eigenvalue weighted by molar-refractivity contribution is 7.12. The van der Waals surface area contributed by atoms with Crippen LogP contribution in [0.3, 0.4) is 0 Å². The van der Waals surface area contributed by atoms with Gasteiger partial charge >= 0.3 is 0 Å². The summed E-state index contributed by atoms with van der Waals surface area (Å²) in [7, 11) is 4.17. The second kappa shape index (κ2) is 7.37. The van der Waals surface area contributed by atoms with Crippen LogP contribution in [0.2, 0.25) is 0 Å². The molecule has 1 N–H and O–H groups in total. The Bertz CT molecular complexity index is 317. The lowest BCUT2D eigenvalue weighted by Crippen LogP contribution is -2.26. The fourth-order valence-corrected chi connectivity index (χ4v) is 2.66. The van der Waals surface area contributed by atoms with Crippen molar-refractivity contribution in [3.63, 3.8) is 0 Å². The number of hydrogen-bond acceptors (Lipinski definition) is 3. The van der Waals surface area contributed by atoms with Gasteiger partial charge in [-0.25, -0.2) is 0 Å². The molecule has 100 valence electrons. The molecular formula is C13H25ClN2S. The van der Waals surface area contributed by atoms with Crippen LogP contribution >= 0.6 is 23.7 Å². The maximum atomic E-state index is 3.18. The average Bonchev–Trinajstić information content (AvgIpc) is 2.62. The van der Waals surface area contributed by atoms with Crippen LogP contribution in [0.1, 0.15) is 30.5 Å². The van der Waals surface area contributed by atoms with Gasteiger partial charge in [-0.1, -0.05) is 20.8 Å². The number of nitrogens with zero attached hydrogens (tertiary/aromatic N) is 1. The minimum atomic E-state index is 0. The van der Waals surface area contributed by atoms with Crippen molar-refractivity contribution in [3.8, 4) is 0 Å². The zero-order valence-electron chi connectivity index (χ0n) is 11.5. The molecule has 0 aliphatic rings. The van der Waals surface area contributed by atoms with Crippen molar-refractivity contribution in [2.24, 2.45) is 0 Å². The van der Waals surface area contributed by atoms with E-state index in [1.807, 2.05) is 18.4 Å². The van der Waals surface area contributed by atoms with Gasteiger partial charge in [-0.2, -0.15) is 0 Å². The first-order chi connectivity index (χ1) is 7.43. The van der Waals surface area contributed by atoms with Gasteiger partial charge in [-0.05, 0) is 31.6 Å². The van der Waals surface area contributed by atoms with Crippen LogP contribution in [-0.4, -0.2) is 32.1 Å². The molecular weight excluding hydrogens is 252 g/mol. The maximum absolute atomic E-state index is 3.18. The molecule has 0 saturated carbocycles. The quantitative estimate of drug-likeness (QED) is 0.889. The van der Waals surface area contributed by atoms with E-state index in [1.54, 1.807) is 0 Å². The summed E-state index contributed by atoms with van der Waals surface area (Å²) in [5.41, 5.74) is 0.284. The molecule has 1 rings (SSSR count). The van der Waals surface area contributed by atoms with Gasteiger partial charge in [0.1, 0.15) is 0 Å². The van der Waals surface area contributed by atoms with E-state index < -0.39 is 0 Å². The van der Waals surface area contributed by atoms with E-state index in [-0.39, 0.29) is 17.8 Å². The van der Waals surface area contributed by atoms with Gasteiger partial charge < -0.3 is 10.2 Å². The highest BCUT2D eigenvalue weighted by atomic mass is 35.5. The lowest BCUT2D eigenvalue weighted by molar-refractivity contribution is 0.331. The minimum Gasteiger partial charge on any atom is -0.318 e. The fourth-order valence-electron chi connectivity index (χ4n) is 1.51. The molecule has 2 nitrogen and oxygen atoms in total. The summed E-state index contributed by atoms with van der Waals surface area (Å²) < 4.78 is 0. The molecule has 1 aromatic heterocycles. The Kier molecular flexibility index (Phi) is 7.33. The number of rotatable bonds is 5. The molecule has 0 saturated heterocycles. The number of thiophene rings is 1. The topological polar surface area (TPSA) is 15.3 Å². The summed E-state index contributed by atoms with van der Waals surface area (Å²) >= 11 is 1.94. The molecule has 0 amide bonds. The van der Waals surface area contributed by atoms with Crippen molar-refractivity contribution >= 4 is 23.7 Å². The monoisotopic (exact) mass is 276 g/mol. The molecule has 1 heterocycles. The van der Waals surface area contributed by atoms with Crippen molar-refractivity contribution in [1.29, 1.82) is 0 Å². The first-order valence-electron chi connectivity index (χ1n) is 5.86. The summed E-state index contributed by atoms with van der Waals surface area (Å²) in [6, 6.07) is 4.53. The summed E-state index contributed by atoms with van der Waals surface area (Å²) in [6.45, 7) is 10.0. The Morgan fingerprint density at radius 1 is 1.29 bits per heavy atom. The van der Waals surface area contributed by atoms with Gasteiger partial charge in [-0.3, -0.25) is 0 Å². The zero-order valence-corrected chi connectivity index (χ0v) is 13.2. The van der Waals surface area contributed by atoms with Crippen molar-refractivity contribution in [3.05, 3.63) is 21.9 Å². The summed E-state index contributed by atoms with van der Waals surface area (Å²) in [5.74, 6) is 0. The third kappa shape index (κ3) is 5.87. The van der Waals surface area contributed by atoms with Crippen LogP contribution in [0.25, 0.3) is 0 Å². The number of likely N-dealkylation sites (N-methyl/N-ethyl adjacent to an activating group) is 2. The highest BCUT2D eigenvalue weighted by Gasteiger charge is 2.16. The van der Waals surface area contributed by atoms with E-state index in [0.717, 1.165) is 19.6 Å². The highest BCUT2D eigenvalue weighted by Crippen LogP contribution is 2.29. The van der Waals surface area contributed by atoms with Gasteiger partial charge in [0.2, 0.25) is 0 Å². The van der Waals surface area contributed by atoms with E-state index >= 15 is 0 Å². The first-order valence-corrected chi connectivity index (χ1v) is 6.67. The van der Waals surface area contributed by atoms with Gasteiger partial charge in [0, 0.05) is 29.4 Å². The Labute approximate surface area is 116 Å². The average molecular weight is 277 g/mol. The van der Waals surface area contributed by atoms with Gasteiger partial charge in [0.25, 0.3) is 0 Å². The van der Waals surface area contributed by atoms with Gasteiger partial charge in [0.15, 0.2) is 0 Å². The maximum Gasteiger partial charge on any atom is 0.0325 e. The van der Waals surface area contributed by atoms with Gasteiger partial charge in [0.05, 0.1) is 0 Å². The molecule has 0 fully saturated rings. The van der Waals surface area contributed by atoms with E-state index in [9.17, 15) is 0 Å². The molecule has 1 aromatic rings. The summed E-state index contributed by atoms with van der Waals surface area (Å²) in [4.78, 5) is 5.29. The van der Waals surface area contributed by atoms with E-state index in [1.165, 1.54) is 9.75 Å². The van der Waals surface area contributed by atoms with Crippen molar-refractivity contribution in [2.75, 3.05) is 27.2 Å². The predicted molar refractivity (Wildman–Crippen MR) is 80.5 cm³/mol. The molecule has 17 heavy (non-hydrogen) atoms. The van der Waals surface area contributed by atoms with Crippen LogP contribution in [0.5, 0.6) is 0 Å². The van der Waals surface area contributed by atoms with Gasteiger partial charge in [-0.15, -0.1) is 23.7 Å². The standard InChI is InChI=1S/C13H24N2S.ClH/c1-13(2,3)12-7-6-11(16-12)10-15(5)9-8-14-4;/h6-7,14H,8-10H2,1-5H3;1H. The van der Waals surface area contributed by atoms with Crippen molar-refractivity contribution in [1.82, 2.24) is 10.2 Å². The van der Waals surface area contributed by atoms with Crippen LogP contribution in [0.4, 0.5) is 0 Å². The molecule has 0 atom stereocenters. The second-order valence-electron chi connectivity index (χ2n) is 5.36. The largest absolute Gasteiger partial charge is 0.318 e. The lowest BCUT2D eigenvalue weighted by atomic mass is 9.95. The Hall–Kier alpha value is -0.0900. The second-order valence-corrected chi connectivity index (χ2v) is 6.53. The molecule has 0 aliphatic carbocycles. The Morgan fingerprint density at radius 2 is 1.94 bits per heavy atom. The molecule has 4 heteroatoms. The first kappa shape index (κ1) is 16.9. The number of halogens is 1. The SMILES string of the molecule is CNCCN(C)Cc1ccc(C(C)(C)C)s1.Cl. The predicted octanol–water partition coefficient (Wildman–Crippen LogP) is 3.12. The van der Waals surface area contributed by atoms with Crippen LogP contribution in [0, 0.1) is 0 Å². The third-order valence-electron chi connectivity index (χ3n) is 2.57. The normalized spacial score (nSPS) is 11.6. The molecule has 0 unspecified atom stereocenters. The molecule has 0 spiro atoms. The minimum absolute atomic E-state index is 0. The number of hydrogen-bond donors (Lipinski definition) is 1. The van der Waals surface area contributed by atoms with Crippen molar-refractivity contribution in [2.45, 2.75) is 32.7 Å². The molecule has 0 aliphatic heterocycles. The van der Waals surface area contributed by atoms with E-state index in [2.05, 4.69) is 50.2 Å². The Balaban J connectivity index is 0.00000256. The smallest absolute Gasteiger partial charge is 0.0325 e. The van der Waals surface area contributed by atoms with E-state index in [4.69, 9.17) is 0 Å². The van der Waals surface area contributed by atoms with E-state index in [0.29, 0.717) is 0 Å². The third-order valence-corrected chi connectivity index (χ3v) is 4.07. The molecule has 0 radical (unpaired) electrons. The lowest BCUT2D eigenvalue weighted by Gasteiger charge is -2.16. The molecule has 0 bridgehead atoms. The zero-order chi connectivity index (χ0) is 12.2. The van der Waals surface area contributed by atoms with Crippen LogP contribution < -0.4 is 5.32 Å². The van der Waals surface area contributed by atoms with Crippen LogP contribution in [-0.2, 0) is 12.0 Å². The van der Waals surface area contributed by atoms with Crippen LogP contribution in [0.15, 0.2) is 12.1 Å². The summed E-state index contributed by atoms with van der Waals surface area (Å²) in [5, 5.41) is 3.18. The summed E-state index contributed by atoms with van der Waals surface area (Å²) in [6.07, 6.45) is 0. The van der Waals surface area contributed by atoms with Crippen molar-refractivity contribution < 1.29 is 0 Å². The fraction of sp³-hybridized carbons (Fsp3) is 0.692. The molecule has 0 aromatic carbocycles. The number of nitrogens with one attached hydrogen (secondary N) is 1.